The molecule has 2 aliphatic heterocycles. The molecule has 9 heteroatoms. The fourth-order valence-corrected chi connectivity index (χ4v) is 2.49. The number of carbonyl (C=O) groups excluding carboxylic acids is 1. The fourth-order valence-electron chi connectivity index (χ4n) is 2.49. The molecule has 26 heavy (non-hydrogen) atoms. The number of cyclic esters (lactones) is 1. The Hall–Kier alpha value is -3.75. The van der Waals surface area contributed by atoms with Crippen molar-refractivity contribution in [1.29, 1.82) is 0 Å². The molecule has 8 nitrogen and oxygen atoms in total. The van der Waals surface area contributed by atoms with Gasteiger partial charge in [0.05, 0.1) is 16.6 Å². The predicted molar refractivity (Wildman–Crippen MR) is 86.2 cm³/mol. The Bertz CT molecular complexity index is 997. The van der Waals surface area contributed by atoms with Crippen molar-refractivity contribution in [2.45, 2.75) is 0 Å². The molecular formula is C17H9FN2O6. The molecule has 0 amide bonds. The zero-order valence-electron chi connectivity index (χ0n) is 13.0. The molecule has 0 unspecified atom stereocenters. The van der Waals surface area contributed by atoms with Gasteiger partial charge in [0.25, 0.3) is 5.69 Å². The van der Waals surface area contributed by atoms with Gasteiger partial charge in [-0.1, -0.05) is 0 Å². The van der Waals surface area contributed by atoms with Crippen LogP contribution in [0.25, 0.3) is 6.08 Å². The second-order valence-corrected chi connectivity index (χ2v) is 5.36. The second kappa shape index (κ2) is 5.96. The van der Waals surface area contributed by atoms with Gasteiger partial charge in [0.2, 0.25) is 12.7 Å². The molecule has 0 aromatic heterocycles. The number of hydrogen-bond acceptors (Lipinski definition) is 7. The van der Waals surface area contributed by atoms with E-state index < -0.39 is 16.7 Å². The van der Waals surface area contributed by atoms with E-state index in [0.29, 0.717) is 11.3 Å². The molecule has 0 N–H and O–H groups in total. The first-order valence-electron chi connectivity index (χ1n) is 7.38. The summed E-state index contributed by atoms with van der Waals surface area (Å²) < 4.78 is 28.4. The Kier molecular flexibility index (Phi) is 3.61. The number of esters is 1. The Morgan fingerprint density at radius 2 is 1.85 bits per heavy atom. The molecule has 2 aromatic carbocycles. The van der Waals surface area contributed by atoms with E-state index >= 15 is 0 Å². The minimum Gasteiger partial charge on any atom is -0.454 e. The van der Waals surface area contributed by atoms with Gasteiger partial charge in [0.15, 0.2) is 17.2 Å². The molecule has 2 aromatic rings. The van der Waals surface area contributed by atoms with E-state index in [4.69, 9.17) is 14.2 Å². The van der Waals surface area contributed by atoms with E-state index in [2.05, 4.69) is 4.99 Å². The lowest BCUT2D eigenvalue weighted by molar-refractivity contribution is -0.385. The SMILES string of the molecule is O=C1OC(c2ccc(F)cc2)=NC1=Cc1cc2c(cc1[N+](=O)[O-])OCO2. The molecule has 2 aliphatic rings. The Morgan fingerprint density at radius 3 is 2.54 bits per heavy atom. The van der Waals surface area contributed by atoms with E-state index in [0.717, 1.165) is 0 Å². The third-order valence-corrected chi connectivity index (χ3v) is 3.72. The summed E-state index contributed by atoms with van der Waals surface area (Å²) in [5.41, 5.74) is 0.143. The lowest BCUT2D eigenvalue weighted by atomic mass is 10.1. The summed E-state index contributed by atoms with van der Waals surface area (Å²) in [6.45, 7) is -0.0403. The van der Waals surface area contributed by atoms with Crippen LogP contribution in [0, 0.1) is 15.9 Å². The number of ether oxygens (including phenoxy) is 3. The molecule has 0 fully saturated rings. The normalized spacial score (nSPS) is 16.6. The number of rotatable bonds is 3. The molecule has 0 radical (unpaired) electrons. The molecular weight excluding hydrogens is 347 g/mol. The number of carbonyl (C=O) groups is 1. The zero-order chi connectivity index (χ0) is 18.3. The lowest BCUT2D eigenvalue weighted by Gasteiger charge is -2.01. The number of nitro benzene ring substituents is 1. The van der Waals surface area contributed by atoms with Crippen LogP contribution < -0.4 is 9.47 Å². The number of halogens is 1. The molecule has 0 spiro atoms. The number of benzene rings is 2. The van der Waals surface area contributed by atoms with Crippen molar-refractivity contribution in [3.8, 4) is 11.5 Å². The van der Waals surface area contributed by atoms with Crippen molar-refractivity contribution in [1.82, 2.24) is 0 Å². The van der Waals surface area contributed by atoms with E-state index in [-0.39, 0.29) is 35.4 Å². The summed E-state index contributed by atoms with van der Waals surface area (Å²) in [5.74, 6) is -0.633. The summed E-state index contributed by atoms with van der Waals surface area (Å²) in [6.07, 6.45) is 1.24. The van der Waals surface area contributed by atoms with Gasteiger partial charge in [0, 0.05) is 5.56 Å². The van der Waals surface area contributed by atoms with Gasteiger partial charge < -0.3 is 14.2 Å². The predicted octanol–water partition coefficient (Wildman–Crippen LogP) is 2.81. The minimum absolute atomic E-state index is 0.00959. The van der Waals surface area contributed by atoms with Gasteiger partial charge in [-0.3, -0.25) is 10.1 Å². The smallest absolute Gasteiger partial charge is 0.363 e. The van der Waals surface area contributed by atoms with E-state index in [1.807, 2.05) is 0 Å². The number of nitrogens with zero attached hydrogens (tertiary/aromatic N) is 2. The molecule has 130 valence electrons. The Morgan fingerprint density at radius 1 is 1.15 bits per heavy atom. The highest BCUT2D eigenvalue weighted by atomic mass is 19.1. The largest absolute Gasteiger partial charge is 0.454 e. The van der Waals surface area contributed by atoms with Crippen LogP contribution in [0.4, 0.5) is 10.1 Å². The van der Waals surface area contributed by atoms with Crippen molar-refractivity contribution in [2.24, 2.45) is 4.99 Å². The molecule has 0 atom stereocenters. The third kappa shape index (κ3) is 2.75. The average Bonchev–Trinajstić information content (AvgIpc) is 3.21. The van der Waals surface area contributed by atoms with Crippen molar-refractivity contribution in [3.05, 3.63) is 69.2 Å². The van der Waals surface area contributed by atoms with Crippen molar-refractivity contribution in [3.63, 3.8) is 0 Å². The monoisotopic (exact) mass is 356 g/mol. The molecule has 0 saturated heterocycles. The Balaban J connectivity index is 1.75. The van der Waals surface area contributed by atoms with Crippen molar-refractivity contribution >= 4 is 23.6 Å². The van der Waals surface area contributed by atoms with E-state index in [9.17, 15) is 19.3 Å². The van der Waals surface area contributed by atoms with Crippen LogP contribution >= 0.6 is 0 Å². The van der Waals surface area contributed by atoms with Crippen LogP contribution in [0.15, 0.2) is 47.1 Å². The topological polar surface area (TPSA) is 100 Å². The first-order chi connectivity index (χ1) is 12.5. The van der Waals surface area contributed by atoms with Crippen LogP contribution in [0.2, 0.25) is 0 Å². The fraction of sp³-hybridized carbons (Fsp3) is 0.0588. The van der Waals surface area contributed by atoms with Crippen LogP contribution in [-0.2, 0) is 9.53 Å². The molecule has 0 bridgehead atoms. The number of fused-ring (bicyclic) bond motifs is 1. The first kappa shape index (κ1) is 15.8. The Labute approximate surface area is 145 Å². The molecule has 4 rings (SSSR count). The molecule has 0 saturated carbocycles. The zero-order valence-corrected chi connectivity index (χ0v) is 13.0. The average molecular weight is 356 g/mol. The van der Waals surface area contributed by atoms with E-state index in [1.165, 1.54) is 42.5 Å². The molecule has 2 heterocycles. The minimum atomic E-state index is -0.767. The maximum absolute atomic E-state index is 13.0. The quantitative estimate of drug-likeness (QED) is 0.363. The van der Waals surface area contributed by atoms with Crippen LogP contribution in [0.3, 0.4) is 0 Å². The highest BCUT2D eigenvalue weighted by Gasteiger charge is 2.27. The molecule has 0 aliphatic carbocycles. The number of hydrogen-bond donors (Lipinski definition) is 0. The highest BCUT2D eigenvalue weighted by molar-refractivity contribution is 6.13. The summed E-state index contributed by atoms with van der Waals surface area (Å²) in [6, 6.07) is 7.85. The van der Waals surface area contributed by atoms with Crippen LogP contribution in [0.1, 0.15) is 11.1 Å². The van der Waals surface area contributed by atoms with Gasteiger partial charge in [0.1, 0.15) is 5.82 Å². The lowest BCUT2D eigenvalue weighted by Crippen LogP contribution is -2.05. The standard InChI is InChI=1S/C17H9FN2O6/c18-11-3-1-9(2-4-11)16-19-12(17(21)26-16)5-10-6-14-15(25-8-24-14)7-13(10)20(22)23/h1-7H,8H2. The second-order valence-electron chi connectivity index (χ2n) is 5.36. The van der Waals surface area contributed by atoms with Crippen molar-refractivity contribution in [2.75, 3.05) is 6.79 Å². The van der Waals surface area contributed by atoms with Gasteiger partial charge >= 0.3 is 5.97 Å². The summed E-state index contributed by atoms with van der Waals surface area (Å²) in [4.78, 5) is 26.8. The van der Waals surface area contributed by atoms with Crippen molar-refractivity contribution < 1.29 is 28.3 Å². The third-order valence-electron chi connectivity index (χ3n) is 3.72. The first-order valence-corrected chi connectivity index (χ1v) is 7.38. The van der Waals surface area contributed by atoms with Gasteiger partial charge in [-0.25, -0.2) is 14.2 Å². The number of nitro groups is 1. The highest BCUT2D eigenvalue weighted by Crippen LogP contribution is 2.39. The summed E-state index contributed by atoms with van der Waals surface area (Å²) in [7, 11) is 0. The maximum Gasteiger partial charge on any atom is 0.363 e. The summed E-state index contributed by atoms with van der Waals surface area (Å²) in [5, 5.41) is 11.3. The van der Waals surface area contributed by atoms with Gasteiger partial charge in [-0.15, -0.1) is 0 Å². The van der Waals surface area contributed by atoms with Gasteiger partial charge in [-0.05, 0) is 36.4 Å². The number of aliphatic imine (C=N–C) groups is 1. The van der Waals surface area contributed by atoms with Crippen LogP contribution in [0.5, 0.6) is 11.5 Å². The van der Waals surface area contributed by atoms with E-state index in [1.54, 1.807) is 0 Å². The summed E-state index contributed by atoms with van der Waals surface area (Å²) >= 11 is 0. The van der Waals surface area contributed by atoms with Crippen LogP contribution in [-0.4, -0.2) is 23.6 Å². The maximum atomic E-state index is 13.0. The van der Waals surface area contributed by atoms with Gasteiger partial charge in [-0.2, -0.15) is 0 Å².